The highest BCUT2D eigenvalue weighted by Crippen LogP contribution is 2.29. The number of aryl methyl sites for hydroxylation is 2. The summed E-state index contributed by atoms with van der Waals surface area (Å²) in [6.45, 7) is 9.35. The van der Waals surface area contributed by atoms with E-state index in [1.807, 2.05) is 45.9 Å². The van der Waals surface area contributed by atoms with E-state index in [4.69, 9.17) is 0 Å². The lowest BCUT2D eigenvalue weighted by Crippen LogP contribution is -2.33. The van der Waals surface area contributed by atoms with Gasteiger partial charge in [-0.1, -0.05) is 38.8 Å². The number of carbonyl (C=O) groups is 2. The molecule has 8 heteroatoms. The third-order valence-corrected chi connectivity index (χ3v) is 8.35. The van der Waals surface area contributed by atoms with Gasteiger partial charge in [0.2, 0.25) is 21.8 Å². The van der Waals surface area contributed by atoms with Crippen molar-refractivity contribution in [2.24, 2.45) is 5.92 Å². The third kappa shape index (κ3) is 6.49. The van der Waals surface area contributed by atoms with Crippen LogP contribution in [0.5, 0.6) is 0 Å². The van der Waals surface area contributed by atoms with Crippen LogP contribution in [-0.4, -0.2) is 44.2 Å². The zero-order chi connectivity index (χ0) is 25.6. The van der Waals surface area contributed by atoms with Crippen molar-refractivity contribution in [2.45, 2.75) is 64.7 Å². The predicted molar refractivity (Wildman–Crippen MR) is 140 cm³/mol. The molecule has 3 rings (SSSR count). The molecule has 0 radical (unpaired) electrons. The molecule has 1 heterocycles. The van der Waals surface area contributed by atoms with E-state index in [9.17, 15) is 18.0 Å². The van der Waals surface area contributed by atoms with E-state index in [0.717, 1.165) is 42.5 Å². The zero-order valence-electron chi connectivity index (χ0n) is 21.2. The molecule has 2 amide bonds. The zero-order valence-corrected chi connectivity index (χ0v) is 22.0. The molecule has 1 saturated heterocycles. The SMILES string of the molecule is CCCCN(CCCC)S(=O)(=O)c1ccc(NC(=O)C2CC(=O)N(c3cc(C)ccc3C)C2)cc1. The minimum absolute atomic E-state index is 0.0699. The van der Waals surface area contributed by atoms with E-state index in [1.165, 1.54) is 12.1 Å². The summed E-state index contributed by atoms with van der Waals surface area (Å²) in [6.07, 6.45) is 3.63. The molecule has 1 aliphatic heterocycles. The van der Waals surface area contributed by atoms with Gasteiger partial charge in [-0.2, -0.15) is 4.31 Å². The van der Waals surface area contributed by atoms with Crippen molar-refractivity contribution in [2.75, 3.05) is 29.9 Å². The van der Waals surface area contributed by atoms with Crippen molar-refractivity contribution < 1.29 is 18.0 Å². The Labute approximate surface area is 209 Å². The number of hydrogen-bond acceptors (Lipinski definition) is 4. The lowest BCUT2D eigenvalue weighted by molar-refractivity contribution is -0.122. The van der Waals surface area contributed by atoms with Crippen molar-refractivity contribution in [3.63, 3.8) is 0 Å². The van der Waals surface area contributed by atoms with Crippen LogP contribution in [0.1, 0.15) is 57.1 Å². The monoisotopic (exact) mass is 499 g/mol. The lowest BCUT2D eigenvalue weighted by Gasteiger charge is -2.22. The molecule has 0 aliphatic carbocycles. The lowest BCUT2D eigenvalue weighted by atomic mass is 10.1. The fourth-order valence-electron chi connectivity index (χ4n) is 4.25. The number of amides is 2. The number of anilines is 2. The van der Waals surface area contributed by atoms with Gasteiger partial charge in [-0.25, -0.2) is 8.42 Å². The first kappa shape index (κ1) is 26.9. The van der Waals surface area contributed by atoms with Gasteiger partial charge in [0, 0.05) is 37.4 Å². The Hall–Kier alpha value is -2.71. The van der Waals surface area contributed by atoms with Gasteiger partial charge < -0.3 is 10.2 Å². The summed E-state index contributed by atoms with van der Waals surface area (Å²) in [7, 11) is -3.59. The van der Waals surface area contributed by atoms with Crippen LogP contribution in [0.2, 0.25) is 0 Å². The van der Waals surface area contributed by atoms with Crippen molar-refractivity contribution in [3.8, 4) is 0 Å². The van der Waals surface area contributed by atoms with E-state index in [0.29, 0.717) is 25.3 Å². The first-order chi connectivity index (χ1) is 16.7. The molecule has 1 N–H and O–H groups in total. The summed E-state index contributed by atoms with van der Waals surface area (Å²) in [6, 6.07) is 12.3. The van der Waals surface area contributed by atoms with Crippen LogP contribution < -0.4 is 10.2 Å². The molecule has 2 aromatic rings. The summed E-state index contributed by atoms with van der Waals surface area (Å²) in [5.41, 5.74) is 3.41. The van der Waals surface area contributed by atoms with Gasteiger partial charge in [0.15, 0.2) is 0 Å². The number of carbonyl (C=O) groups excluding carboxylic acids is 2. The highest BCUT2D eigenvalue weighted by atomic mass is 32.2. The molecule has 1 aliphatic rings. The van der Waals surface area contributed by atoms with E-state index in [1.54, 1.807) is 21.3 Å². The summed E-state index contributed by atoms with van der Waals surface area (Å²) < 4.78 is 27.8. The maximum absolute atomic E-state index is 13.1. The van der Waals surface area contributed by atoms with Gasteiger partial charge in [0.1, 0.15) is 0 Å². The van der Waals surface area contributed by atoms with Crippen molar-refractivity contribution >= 4 is 33.2 Å². The Balaban J connectivity index is 1.67. The highest BCUT2D eigenvalue weighted by Gasteiger charge is 2.35. The number of sulfonamides is 1. The number of nitrogens with zero attached hydrogens (tertiary/aromatic N) is 2. The van der Waals surface area contributed by atoms with Crippen LogP contribution in [0.15, 0.2) is 47.4 Å². The Bertz CT molecular complexity index is 1140. The van der Waals surface area contributed by atoms with Crippen LogP contribution in [0, 0.1) is 19.8 Å². The van der Waals surface area contributed by atoms with Gasteiger partial charge in [-0.3, -0.25) is 9.59 Å². The number of hydrogen-bond donors (Lipinski definition) is 1. The molecule has 0 saturated carbocycles. The maximum atomic E-state index is 13.1. The van der Waals surface area contributed by atoms with Crippen LogP contribution in [-0.2, 0) is 19.6 Å². The second-order valence-corrected chi connectivity index (χ2v) is 11.3. The number of nitrogens with one attached hydrogen (secondary N) is 1. The fourth-order valence-corrected chi connectivity index (χ4v) is 5.77. The van der Waals surface area contributed by atoms with Crippen molar-refractivity contribution in [3.05, 3.63) is 53.6 Å². The Morgan fingerprint density at radius 2 is 1.66 bits per heavy atom. The molecule has 7 nitrogen and oxygen atoms in total. The van der Waals surface area contributed by atoms with Gasteiger partial charge >= 0.3 is 0 Å². The molecule has 1 unspecified atom stereocenters. The molecule has 0 bridgehead atoms. The average molecular weight is 500 g/mol. The molecular formula is C27H37N3O4S. The predicted octanol–water partition coefficient (Wildman–Crippen LogP) is 4.89. The van der Waals surface area contributed by atoms with Gasteiger partial charge in [-0.15, -0.1) is 0 Å². The molecule has 1 fully saturated rings. The topological polar surface area (TPSA) is 86.8 Å². The van der Waals surface area contributed by atoms with Gasteiger partial charge in [0.05, 0.1) is 10.8 Å². The number of unbranched alkanes of at least 4 members (excludes halogenated alkanes) is 2. The molecule has 1 atom stereocenters. The standard InChI is InChI=1S/C27H37N3O4S/c1-5-7-15-29(16-8-6-2)35(33,34)24-13-11-23(12-14-24)28-27(32)22-18-26(31)30(19-22)25-17-20(3)9-10-21(25)4/h9-14,17,22H,5-8,15-16,18-19H2,1-4H3,(H,28,32). The van der Waals surface area contributed by atoms with Crippen LogP contribution in [0.4, 0.5) is 11.4 Å². The third-order valence-electron chi connectivity index (χ3n) is 6.43. The molecule has 190 valence electrons. The normalized spacial score (nSPS) is 16.2. The summed E-state index contributed by atoms with van der Waals surface area (Å²) in [5, 5.41) is 2.85. The minimum atomic E-state index is -3.59. The van der Waals surface area contributed by atoms with E-state index < -0.39 is 15.9 Å². The first-order valence-corrected chi connectivity index (χ1v) is 13.9. The summed E-state index contributed by atoms with van der Waals surface area (Å²) in [4.78, 5) is 27.5. The maximum Gasteiger partial charge on any atom is 0.243 e. The first-order valence-electron chi connectivity index (χ1n) is 12.5. The second kappa shape index (κ2) is 11.8. The van der Waals surface area contributed by atoms with Gasteiger partial charge in [0.25, 0.3) is 0 Å². The smallest absolute Gasteiger partial charge is 0.243 e. The molecule has 35 heavy (non-hydrogen) atoms. The van der Waals surface area contributed by atoms with Crippen LogP contribution in [0.25, 0.3) is 0 Å². The van der Waals surface area contributed by atoms with E-state index in [2.05, 4.69) is 5.32 Å². The molecule has 0 spiro atoms. The minimum Gasteiger partial charge on any atom is -0.326 e. The number of benzene rings is 2. The quantitative estimate of drug-likeness (QED) is 0.477. The molecular weight excluding hydrogens is 462 g/mol. The average Bonchev–Trinajstić information content (AvgIpc) is 3.22. The number of rotatable bonds is 11. The summed E-state index contributed by atoms with van der Waals surface area (Å²) >= 11 is 0. The Morgan fingerprint density at radius 1 is 1.03 bits per heavy atom. The van der Waals surface area contributed by atoms with Crippen LogP contribution in [0.3, 0.4) is 0 Å². The van der Waals surface area contributed by atoms with E-state index in [-0.39, 0.29) is 23.1 Å². The largest absolute Gasteiger partial charge is 0.326 e. The molecule has 2 aromatic carbocycles. The van der Waals surface area contributed by atoms with E-state index >= 15 is 0 Å². The van der Waals surface area contributed by atoms with Crippen molar-refractivity contribution in [1.82, 2.24) is 4.31 Å². The Morgan fingerprint density at radius 3 is 2.26 bits per heavy atom. The summed E-state index contributed by atoms with van der Waals surface area (Å²) in [5.74, 6) is -0.779. The Kier molecular flexibility index (Phi) is 9.08. The second-order valence-electron chi connectivity index (χ2n) is 9.32. The molecule has 0 aromatic heterocycles. The van der Waals surface area contributed by atoms with Crippen molar-refractivity contribution in [1.29, 1.82) is 0 Å². The van der Waals surface area contributed by atoms with Crippen LogP contribution >= 0.6 is 0 Å². The van der Waals surface area contributed by atoms with Gasteiger partial charge in [-0.05, 0) is 68.1 Å². The fraction of sp³-hybridized carbons (Fsp3) is 0.481. The highest BCUT2D eigenvalue weighted by molar-refractivity contribution is 7.89.